The van der Waals surface area contributed by atoms with E-state index in [0.29, 0.717) is 24.7 Å². The summed E-state index contributed by atoms with van der Waals surface area (Å²) in [4.78, 5) is 4.03. The van der Waals surface area contributed by atoms with E-state index < -0.39 is 16.4 Å². The molecule has 0 aromatic heterocycles. The van der Waals surface area contributed by atoms with Crippen molar-refractivity contribution in [2.75, 3.05) is 38.8 Å². The van der Waals surface area contributed by atoms with Crippen molar-refractivity contribution in [3.8, 4) is 5.75 Å². The van der Waals surface area contributed by atoms with Crippen LogP contribution >= 0.6 is 0 Å². The first-order valence-corrected chi connectivity index (χ1v) is 10.0. The number of hydrogen-bond acceptors (Lipinski definition) is 5. The van der Waals surface area contributed by atoms with Crippen LogP contribution in [-0.2, 0) is 21.1 Å². The van der Waals surface area contributed by atoms with E-state index >= 15 is 0 Å². The quantitative estimate of drug-likeness (QED) is 0.354. The van der Waals surface area contributed by atoms with E-state index in [1.165, 1.54) is 6.07 Å². The summed E-state index contributed by atoms with van der Waals surface area (Å²) in [7, 11) is -1.46. The summed E-state index contributed by atoms with van der Waals surface area (Å²) in [6.45, 7) is 0.0647. The summed E-state index contributed by atoms with van der Waals surface area (Å²) >= 11 is 0. The molecule has 1 aromatic rings. The average Bonchev–Trinajstić information content (AvgIpc) is 2.54. The number of hydrogen-bond donors (Lipinski definition) is 2. The molecule has 0 fully saturated rings. The second kappa shape index (κ2) is 10.9. The number of aryl methyl sites for hydroxylation is 1. The van der Waals surface area contributed by atoms with E-state index in [2.05, 4.69) is 20.4 Å². The van der Waals surface area contributed by atoms with Gasteiger partial charge in [-0.1, -0.05) is 17.7 Å². The van der Waals surface area contributed by atoms with Gasteiger partial charge in [0.15, 0.2) is 5.96 Å². The molecule has 0 radical (unpaired) electrons. The molecule has 0 aliphatic rings. The van der Waals surface area contributed by atoms with Gasteiger partial charge in [0.05, 0.1) is 19.0 Å². The maximum absolute atomic E-state index is 12.5. The van der Waals surface area contributed by atoms with Gasteiger partial charge in [-0.25, -0.2) is 8.42 Å². The van der Waals surface area contributed by atoms with Crippen LogP contribution in [0.15, 0.2) is 23.2 Å². The molecule has 148 valence electrons. The molecule has 0 aliphatic heterocycles. The van der Waals surface area contributed by atoms with Crippen molar-refractivity contribution in [2.24, 2.45) is 4.99 Å². The van der Waals surface area contributed by atoms with E-state index in [9.17, 15) is 17.2 Å². The van der Waals surface area contributed by atoms with Gasteiger partial charge in [-0.15, -0.1) is 0 Å². The monoisotopic (exact) mass is 393 g/mol. The number of rotatable bonds is 10. The molecular formula is C16H25F2N3O4S. The third-order valence-electron chi connectivity index (χ3n) is 3.24. The van der Waals surface area contributed by atoms with Crippen molar-refractivity contribution in [3.05, 3.63) is 29.3 Å². The maximum Gasteiger partial charge on any atom is 0.387 e. The lowest BCUT2D eigenvalue weighted by molar-refractivity contribution is -0.0504. The van der Waals surface area contributed by atoms with Gasteiger partial charge in [-0.2, -0.15) is 8.78 Å². The van der Waals surface area contributed by atoms with Gasteiger partial charge in [-0.3, -0.25) is 4.99 Å². The number of ether oxygens (including phenoxy) is 2. The number of halogens is 2. The number of aliphatic imine (C=N–C) groups is 1. The first kappa shape index (κ1) is 22.1. The lowest BCUT2D eigenvalue weighted by Gasteiger charge is -2.15. The third kappa shape index (κ3) is 9.52. The largest absolute Gasteiger partial charge is 0.434 e. The number of benzene rings is 1. The van der Waals surface area contributed by atoms with Gasteiger partial charge in [0, 0.05) is 32.0 Å². The molecule has 0 spiro atoms. The molecule has 0 atom stereocenters. The zero-order chi connectivity index (χ0) is 19.6. The predicted molar refractivity (Wildman–Crippen MR) is 96.5 cm³/mol. The van der Waals surface area contributed by atoms with Crippen LogP contribution in [0.25, 0.3) is 0 Å². The van der Waals surface area contributed by atoms with Gasteiger partial charge in [-0.05, 0) is 13.0 Å². The van der Waals surface area contributed by atoms with Gasteiger partial charge < -0.3 is 20.1 Å². The van der Waals surface area contributed by atoms with Crippen LogP contribution in [-0.4, -0.2) is 59.8 Å². The second-order valence-corrected chi connectivity index (χ2v) is 7.84. The Morgan fingerprint density at radius 1 is 1.27 bits per heavy atom. The van der Waals surface area contributed by atoms with Crippen molar-refractivity contribution < 1.29 is 26.7 Å². The third-order valence-corrected chi connectivity index (χ3v) is 4.15. The Morgan fingerprint density at radius 2 is 2.00 bits per heavy atom. The lowest BCUT2D eigenvalue weighted by Crippen LogP contribution is -2.38. The van der Waals surface area contributed by atoms with Crippen molar-refractivity contribution >= 4 is 15.8 Å². The number of alkyl halides is 2. The molecule has 1 rings (SSSR count). The van der Waals surface area contributed by atoms with Crippen molar-refractivity contribution in [1.82, 2.24) is 10.6 Å². The molecule has 26 heavy (non-hydrogen) atoms. The normalized spacial score (nSPS) is 12.3. The predicted octanol–water partition coefficient (Wildman–Crippen LogP) is 1.32. The molecule has 10 heteroatoms. The molecular weight excluding hydrogens is 368 g/mol. The number of guanidine groups is 1. The Hall–Kier alpha value is -1.94. The molecule has 0 amide bonds. The maximum atomic E-state index is 12.5. The smallest absolute Gasteiger partial charge is 0.387 e. The zero-order valence-corrected chi connectivity index (χ0v) is 15.9. The molecule has 0 unspecified atom stereocenters. The van der Waals surface area contributed by atoms with Crippen LogP contribution in [0.4, 0.5) is 8.78 Å². The van der Waals surface area contributed by atoms with Gasteiger partial charge in [0.1, 0.15) is 15.6 Å². The molecule has 0 bridgehead atoms. The van der Waals surface area contributed by atoms with E-state index in [4.69, 9.17) is 4.74 Å². The van der Waals surface area contributed by atoms with Gasteiger partial charge >= 0.3 is 6.61 Å². The van der Waals surface area contributed by atoms with Crippen molar-refractivity contribution in [2.45, 2.75) is 20.1 Å². The van der Waals surface area contributed by atoms with Gasteiger partial charge in [0.25, 0.3) is 0 Å². The number of sulfone groups is 1. The molecule has 7 nitrogen and oxygen atoms in total. The fraction of sp³-hybridized carbons (Fsp3) is 0.562. The first-order valence-electron chi connectivity index (χ1n) is 7.95. The number of nitrogens with one attached hydrogen (secondary N) is 2. The highest BCUT2D eigenvalue weighted by atomic mass is 32.2. The highest BCUT2D eigenvalue weighted by Gasteiger charge is 2.10. The van der Waals surface area contributed by atoms with Gasteiger partial charge in [0.2, 0.25) is 0 Å². The van der Waals surface area contributed by atoms with E-state index in [1.807, 2.05) is 6.92 Å². The summed E-state index contributed by atoms with van der Waals surface area (Å²) in [5, 5.41) is 5.99. The van der Waals surface area contributed by atoms with Crippen molar-refractivity contribution in [1.29, 1.82) is 0 Å². The highest BCUT2D eigenvalue weighted by Crippen LogP contribution is 2.21. The molecule has 0 saturated heterocycles. The number of nitrogens with zero attached hydrogens (tertiary/aromatic N) is 1. The fourth-order valence-corrected chi connectivity index (χ4v) is 2.43. The molecule has 1 aromatic carbocycles. The average molecular weight is 393 g/mol. The molecule has 0 saturated carbocycles. The highest BCUT2D eigenvalue weighted by molar-refractivity contribution is 7.90. The molecule has 0 aliphatic carbocycles. The minimum Gasteiger partial charge on any atom is -0.434 e. The van der Waals surface area contributed by atoms with E-state index in [1.54, 1.807) is 19.2 Å². The Labute approximate surface area is 152 Å². The summed E-state index contributed by atoms with van der Waals surface area (Å²) < 4.78 is 56.6. The fourth-order valence-electron chi connectivity index (χ4n) is 2.01. The molecule has 2 N–H and O–H groups in total. The van der Waals surface area contributed by atoms with Crippen molar-refractivity contribution in [3.63, 3.8) is 0 Å². The minimum atomic E-state index is -3.03. The summed E-state index contributed by atoms with van der Waals surface area (Å²) in [5.74, 6) is 0.541. The first-order chi connectivity index (χ1) is 12.2. The Bertz CT molecular complexity index is 697. The van der Waals surface area contributed by atoms with Crippen LogP contribution in [0.1, 0.15) is 11.1 Å². The Balaban J connectivity index is 2.44. The Kier molecular flexibility index (Phi) is 9.28. The van der Waals surface area contributed by atoms with Crippen LogP contribution in [0.5, 0.6) is 5.75 Å². The van der Waals surface area contributed by atoms with Crippen LogP contribution in [0, 0.1) is 6.92 Å². The van der Waals surface area contributed by atoms with Crippen LogP contribution < -0.4 is 15.4 Å². The molecule has 0 heterocycles. The zero-order valence-electron chi connectivity index (χ0n) is 15.1. The van der Waals surface area contributed by atoms with Crippen LogP contribution in [0.2, 0.25) is 0 Å². The summed E-state index contributed by atoms with van der Waals surface area (Å²) in [6.07, 6.45) is 1.15. The summed E-state index contributed by atoms with van der Waals surface area (Å²) in [5.41, 5.74) is 1.50. The second-order valence-electron chi connectivity index (χ2n) is 5.58. The van der Waals surface area contributed by atoms with E-state index in [0.717, 1.165) is 11.8 Å². The lowest BCUT2D eigenvalue weighted by atomic mass is 10.1. The SMILES string of the molecule is CN=C(NCCOCCS(C)(=O)=O)NCc1cc(C)ccc1OC(F)F. The standard InChI is InChI=1S/C16H25F2N3O4S/c1-12-4-5-14(25-15(17)18)13(10-12)11-21-16(19-2)20-6-7-24-8-9-26(3,22)23/h4-5,10,15H,6-9,11H2,1-3H3,(H2,19,20,21). The summed E-state index contributed by atoms with van der Waals surface area (Å²) in [6, 6.07) is 4.96. The topological polar surface area (TPSA) is 89.0 Å². The minimum absolute atomic E-state index is 0.0275. The Morgan fingerprint density at radius 3 is 2.62 bits per heavy atom. The van der Waals surface area contributed by atoms with Crippen LogP contribution in [0.3, 0.4) is 0 Å². The van der Waals surface area contributed by atoms with E-state index in [-0.39, 0.29) is 24.7 Å².